The van der Waals surface area contributed by atoms with Crippen molar-refractivity contribution >= 4 is 17.3 Å². The van der Waals surface area contributed by atoms with Crippen LogP contribution in [-0.4, -0.2) is 41.0 Å². The van der Waals surface area contributed by atoms with Gasteiger partial charge in [0.15, 0.2) is 0 Å². The normalized spacial score (nSPS) is 23.6. The second-order valence-electron chi connectivity index (χ2n) is 7.64. The first-order valence-corrected chi connectivity index (χ1v) is 10.2. The standard InChI is InChI=1S/C22H24ClN3O/c1-2-25-13-11-22(12-14-25)26-20(18-5-3-4-6-21(18)27-22)15-19(24-26)16-7-9-17(23)10-8-16/h3-10,20H,2,11-15H2,1H3/t20-/m0/s1. The van der Waals surface area contributed by atoms with E-state index in [0.29, 0.717) is 0 Å². The predicted octanol–water partition coefficient (Wildman–Crippen LogP) is 4.70. The Morgan fingerprint density at radius 1 is 1.11 bits per heavy atom. The molecule has 4 nitrogen and oxygen atoms in total. The quantitative estimate of drug-likeness (QED) is 0.755. The van der Waals surface area contributed by atoms with Gasteiger partial charge in [0.1, 0.15) is 5.75 Å². The fourth-order valence-corrected chi connectivity index (χ4v) is 4.72. The Balaban J connectivity index is 1.54. The topological polar surface area (TPSA) is 28.1 Å². The number of likely N-dealkylation sites (tertiary alicyclic amines) is 1. The van der Waals surface area contributed by atoms with Gasteiger partial charge in [-0.3, -0.25) is 0 Å². The molecule has 0 aromatic heterocycles. The molecule has 1 spiro atoms. The number of hydrazone groups is 1. The molecular formula is C22H24ClN3O. The van der Waals surface area contributed by atoms with Crippen LogP contribution in [0.2, 0.25) is 5.02 Å². The third kappa shape index (κ3) is 2.82. The van der Waals surface area contributed by atoms with E-state index in [0.717, 1.165) is 60.9 Å². The number of hydrogen-bond donors (Lipinski definition) is 0. The first-order chi connectivity index (χ1) is 13.2. The van der Waals surface area contributed by atoms with Crippen molar-refractivity contribution in [1.29, 1.82) is 0 Å². The molecule has 3 aliphatic rings. The van der Waals surface area contributed by atoms with Gasteiger partial charge in [0.05, 0.1) is 11.8 Å². The van der Waals surface area contributed by atoms with Gasteiger partial charge in [-0.1, -0.05) is 48.9 Å². The van der Waals surface area contributed by atoms with Gasteiger partial charge in [-0.25, -0.2) is 5.01 Å². The molecular weight excluding hydrogens is 358 g/mol. The number of para-hydroxylation sites is 1. The monoisotopic (exact) mass is 381 g/mol. The van der Waals surface area contributed by atoms with Gasteiger partial charge in [-0.2, -0.15) is 5.10 Å². The van der Waals surface area contributed by atoms with Crippen LogP contribution in [0.3, 0.4) is 0 Å². The van der Waals surface area contributed by atoms with Crippen molar-refractivity contribution in [3.8, 4) is 5.75 Å². The first-order valence-electron chi connectivity index (χ1n) is 9.81. The molecule has 3 heterocycles. The van der Waals surface area contributed by atoms with Crippen molar-refractivity contribution < 1.29 is 4.74 Å². The minimum absolute atomic E-state index is 0.244. The summed E-state index contributed by atoms with van der Waals surface area (Å²) in [5.41, 5.74) is 3.18. The van der Waals surface area contributed by atoms with Gasteiger partial charge in [0.2, 0.25) is 5.72 Å². The zero-order chi connectivity index (χ0) is 18.4. The SMILES string of the molecule is CCN1CCC2(CC1)Oc1ccccc1[C@@H]1CC(c3ccc(Cl)cc3)=NN12. The van der Waals surface area contributed by atoms with Crippen molar-refractivity contribution in [2.24, 2.45) is 5.10 Å². The second-order valence-corrected chi connectivity index (χ2v) is 8.07. The molecule has 0 aliphatic carbocycles. The highest BCUT2D eigenvalue weighted by atomic mass is 35.5. The fraction of sp³-hybridized carbons (Fsp3) is 0.409. The number of hydrogen-bond acceptors (Lipinski definition) is 4. The fourth-order valence-electron chi connectivity index (χ4n) is 4.59. The maximum atomic E-state index is 6.64. The maximum Gasteiger partial charge on any atom is 0.200 e. The molecule has 2 aromatic carbocycles. The second kappa shape index (κ2) is 6.54. The molecule has 140 valence electrons. The summed E-state index contributed by atoms with van der Waals surface area (Å²) in [5.74, 6) is 1.02. The smallest absolute Gasteiger partial charge is 0.200 e. The minimum Gasteiger partial charge on any atom is -0.466 e. The van der Waals surface area contributed by atoms with E-state index < -0.39 is 0 Å². The highest BCUT2D eigenvalue weighted by Crippen LogP contribution is 2.49. The lowest BCUT2D eigenvalue weighted by Crippen LogP contribution is -2.59. The Morgan fingerprint density at radius 3 is 2.59 bits per heavy atom. The third-order valence-corrected chi connectivity index (χ3v) is 6.42. The highest BCUT2D eigenvalue weighted by Gasteiger charge is 2.51. The van der Waals surface area contributed by atoms with Crippen molar-refractivity contribution in [3.05, 3.63) is 64.7 Å². The van der Waals surface area contributed by atoms with Gasteiger partial charge in [0.25, 0.3) is 0 Å². The summed E-state index contributed by atoms with van der Waals surface area (Å²) in [6.07, 6.45) is 2.85. The third-order valence-electron chi connectivity index (χ3n) is 6.17. The average Bonchev–Trinajstić information content (AvgIpc) is 3.16. The zero-order valence-corrected chi connectivity index (χ0v) is 16.3. The molecule has 0 saturated carbocycles. The summed E-state index contributed by atoms with van der Waals surface area (Å²) in [7, 11) is 0. The van der Waals surface area contributed by atoms with E-state index in [1.807, 2.05) is 12.1 Å². The van der Waals surface area contributed by atoms with Gasteiger partial charge in [-0.15, -0.1) is 0 Å². The van der Waals surface area contributed by atoms with Crippen LogP contribution in [0.1, 0.15) is 43.4 Å². The largest absolute Gasteiger partial charge is 0.466 e. The van der Waals surface area contributed by atoms with Crippen LogP contribution in [0, 0.1) is 0 Å². The Hall–Kier alpha value is -2.04. The van der Waals surface area contributed by atoms with Crippen LogP contribution in [-0.2, 0) is 0 Å². The van der Waals surface area contributed by atoms with E-state index in [4.69, 9.17) is 21.4 Å². The number of fused-ring (bicyclic) bond motifs is 4. The lowest BCUT2D eigenvalue weighted by molar-refractivity contribution is -0.149. The van der Waals surface area contributed by atoms with Gasteiger partial charge >= 0.3 is 0 Å². The van der Waals surface area contributed by atoms with Crippen molar-refractivity contribution in [2.45, 2.75) is 38.0 Å². The van der Waals surface area contributed by atoms with Crippen LogP contribution in [0.25, 0.3) is 0 Å². The number of nitrogens with zero attached hydrogens (tertiary/aromatic N) is 3. The summed E-state index contributed by atoms with van der Waals surface area (Å²) < 4.78 is 6.64. The first kappa shape index (κ1) is 17.1. The van der Waals surface area contributed by atoms with Crippen LogP contribution in [0.5, 0.6) is 5.75 Å². The van der Waals surface area contributed by atoms with Gasteiger partial charge in [-0.05, 0) is 30.3 Å². The van der Waals surface area contributed by atoms with Crippen molar-refractivity contribution in [2.75, 3.05) is 19.6 Å². The minimum atomic E-state index is -0.334. The van der Waals surface area contributed by atoms with Gasteiger partial charge < -0.3 is 9.64 Å². The molecule has 5 heteroatoms. The van der Waals surface area contributed by atoms with Crippen LogP contribution < -0.4 is 4.74 Å². The summed E-state index contributed by atoms with van der Waals surface area (Å²) in [4.78, 5) is 2.49. The number of halogens is 1. The Morgan fingerprint density at radius 2 is 1.85 bits per heavy atom. The molecule has 0 amide bonds. The average molecular weight is 382 g/mol. The highest BCUT2D eigenvalue weighted by molar-refractivity contribution is 6.30. The lowest BCUT2D eigenvalue weighted by atomic mass is 9.91. The molecule has 2 aromatic rings. The van der Waals surface area contributed by atoms with E-state index in [1.54, 1.807) is 0 Å². The lowest BCUT2D eigenvalue weighted by Gasteiger charge is -2.51. The molecule has 27 heavy (non-hydrogen) atoms. The number of piperidine rings is 1. The molecule has 1 fully saturated rings. The molecule has 0 unspecified atom stereocenters. The van der Waals surface area contributed by atoms with E-state index in [1.165, 1.54) is 5.56 Å². The van der Waals surface area contributed by atoms with Crippen molar-refractivity contribution in [3.63, 3.8) is 0 Å². The Bertz CT molecular complexity index is 871. The van der Waals surface area contributed by atoms with Crippen LogP contribution in [0.15, 0.2) is 53.6 Å². The predicted molar refractivity (Wildman–Crippen MR) is 108 cm³/mol. The van der Waals surface area contributed by atoms with Crippen LogP contribution in [0.4, 0.5) is 0 Å². The molecule has 0 radical (unpaired) electrons. The molecule has 1 saturated heterocycles. The summed E-state index contributed by atoms with van der Waals surface area (Å²) in [6.45, 7) is 5.42. The molecule has 5 rings (SSSR count). The number of rotatable bonds is 2. The molecule has 3 aliphatic heterocycles. The summed E-state index contributed by atoms with van der Waals surface area (Å²) in [6, 6.07) is 16.7. The van der Waals surface area contributed by atoms with Gasteiger partial charge in [0, 0.05) is 42.9 Å². The number of ether oxygens (including phenoxy) is 1. The van der Waals surface area contributed by atoms with Crippen molar-refractivity contribution in [1.82, 2.24) is 9.91 Å². The van der Waals surface area contributed by atoms with E-state index in [2.05, 4.69) is 53.2 Å². The van der Waals surface area contributed by atoms with E-state index in [9.17, 15) is 0 Å². The Labute approximate surface area is 165 Å². The number of benzene rings is 2. The summed E-state index contributed by atoms with van der Waals surface area (Å²) in [5, 5.41) is 8.13. The van der Waals surface area contributed by atoms with Crippen LogP contribution >= 0.6 is 11.6 Å². The zero-order valence-electron chi connectivity index (χ0n) is 15.6. The van der Waals surface area contributed by atoms with E-state index in [-0.39, 0.29) is 11.8 Å². The van der Waals surface area contributed by atoms with E-state index >= 15 is 0 Å². The summed E-state index contributed by atoms with van der Waals surface area (Å²) >= 11 is 6.08. The maximum absolute atomic E-state index is 6.64. The molecule has 1 atom stereocenters. The molecule has 0 N–H and O–H groups in total. The Kier molecular flexibility index (Phi) is 4.14. The molecule has 0 bridgehead atoms.